The van der Waals surface area contributed by atoms with Crippen LogP contribution in [0, 0.1) is 0 Å². The van der Waals surface area contributed by atoms with Crippen molar-refractivity contribution >= 4 is 43.7 Å². The molecule has 13 heteroatoms. The van der Waals surface area contributed by atoms with Crippen LogP contribution in [0.25, 0.3) is 6.08 Å². The number of hydrogen-bond donors (Lipinski definition) is 3. The van der Waals surface area contributed by atoms with E-state index in [0.717, 1.165) is 17.0 Å². The topological polar surface area (TPSA) is 148 Å². The summed E-state index contributed by atoms with van der Waals surface area (Å²) in [4.78, 5) is 27.1. The largest absolute Gasteiger partial charge is 0.384 e. The van der Waals surface area contributed by atoms with E-state index in [1.807, 2.05) is 4.98 Å². The van der Waals surface area contributed by atoms with Crippen molar-refractivity contribution in [1.29, 1.82) is 0 Å². The minimum Gasteiger partial charge on any atom is -0.384 e. The predicted octanol–water partition coefficient (Wildman–Crippen LogP) is -0.936. The van der Waals surface area contributed by atoms with E-state index in [2.05, 4.69) is 20.1 Å². The number of nitrogens with one attached hydrogen (secondary N) is 1. The first-order valence-electron chi connectivity index (χ1n) is 6.69. The molecule has 140 valence electrons. The summed E-state index contributed by atoms with van der Waals surface area (Å²) in [6, 6.07) is 0. The normalized spacial score (nSPS) is 30.2. The zero-order valence-corrected chi connectivity index (χ0v) is 15.8. The molecule has 3 N–H and O–H groups in total. The molecule has 1 aromatic heterocycles. The Morgan fingerprint density at radius 3 is 2.76 bits per heavy atom. The Bertz CT molecular complexity index is 893. The van der Waals surface area contributed by atoms with E-state index in [-0.39, 0.29) is 5.56 Å². The van der Waals surface area contributed by atoms with Gasteiger partial charge >= 0.3 is 5.69 Å². The molecule has 25 heavy (non-hydrogen) atoms. The summed E-state index contributed by atoms with van der Waals surface area (Å²) in [5.41, 5.74) is -1.54. The number of alkyl halides is 1. The first-order chi connectivity index (χ1) is 11.5. The van der Waals surface area contributed by atoms with Crippen molar-refractivity contribution in [3.8, 4) is 0 Å². The molecule has 1 fully saturated rings. The van der Waals surface area contributed by atoms with Crippen LogP contribution in [-0.2, 0) is 19.0 Å². The molecule has 0 bridgehead atoms. The molecule has 0 aliphatic carbocycles. The molecule has 0 aromatic carbocycles. The number of halogens is 2. The SMILES string of the molecule is CS(=O)(=O)OC[C@H]1O[C@@H](n2cc(/C=C/Br)c(=O)[nH]c2=O)[C@H](O)[C@@]1(O)Cl. The van der Waals surface area contributed by atoms with Gasteiger partial charge < -0.3 is 14.9 Å². The molecule has 0 spiro atoms. The lowest BCUT2D eigenvalue weighted by Gasteiger charge is -2.23. The Morgan fingerprint density at radius 1 is 1.56 bits per heavy atom. The third kappa shape index (κ3) is 4.39. The maximum Gasteiger partial charge on any atom is 0.330 e. The summed E-state index contributed by atoms with van der Waals surface area (Å²) in [6.07, 6.45) is -1.53. The molecule has 0 saturated carbocycles. The smallest absolute Gasteiger partial charge is 0.330 e. The average Bonchev–Trinajstić information content (AvgIpc) is 2.70. The molecule has 1 aromatic rings. The second-order valence-electron chi connectivity index (χ2n) is 5.22. The van der Waals surface area contributed by atoms with Crippen LogP contribution in [0.1, 0.15) is 11.8 Å². The van der Waals surface area contributed by atoms with Gasteiger partial charge in [-0.2, -0.15) is 8.42 Å². The molecule has 4 atom stereocenters. The minimum absolute atomic E-state index is 0.0567. The van der Waals surface area contributed by atoms with Crippen LogP contribution >= 0.6 is 27.5 Å². The molecular weight excluding hydrogens is 448 g/mol. The zero-order chi connectivity index (χ0) is 19.0. The fraction of sp³-hybridized carbons (Fsp3) is 0.500. The molecule has 2 heterocycles. The van der Waals surface area contributed by atoms with Crippen molar-refractivity contribution in [3.63, 3.8) is 0 Å². The number of aliphatic hydroxyl groups is 2. The van der Waals surface area contributed by atoms with E-state index in [9.17, 15) is 28.2 Å². The summed E-state index contributed by atoms with van der Waals surface area (Å²) >= 11 is 8.83. The van der Waals surface area contributed by atoms with E-state index in [1.54, 1.807) is 0 Å². The second kappa shape index (κ2) is 7.31. The van der Waals surface area contributed by atoms with E-state index >= 15 is 0 Å². The van der Waals surface area contributed by atoms with Crippen LogP contribution < -0.4 is 11.2 Å². The zero-order valence-electron chi connectivity index (χ0n) is 12.6. The Balaban J connectivity index is 2.39. The third-order valence-electron chi connectivity index (χ3n) is 3.39. The highest BCUT2D eigenvalue weighted by Crippen LogP contribution is 2.39. The van der Waals surface area contributed by atoms with Gasteiger partial charge in [0, 0.05) is 6.20 Å². The van der Waals surface area contributed by atoms with Gasteiger partial charge in [-0.3, -0.25) is 18.5 Å². The monoisotopic (exact) mass is 460 g/mol. The van der Waals surface area contributed by atoms with E-state index in [1.165, 1.54) is 11.1 Å². The number of aliphatic hydroxyl groups excluding tert-OH is 1. The maximum atomic E-state index is 12.0. The standard InChI is InChI=1S/C12H14BrClN2O8S/c1-25(21,22)23-5-7-12(14,20)8(17)10(24-7)16-4-6(2-3-13)9(18)15-11(16)19/h2-4,7-8,10,17,20H,5H2,1H3,(H,15,18,19)/b3-2+/t7-,8+,10-,12-/m1/s1. The van der Waals surface area contributed by atoms with Gasteiger partial charge in [0.05, 0.1) is 18.4 Å². The lowest BCUT2D eigenvalue weighted by Crippen LogP contribution is -2.45. The van der Waals surface area contributed by atoms with Crippen LogP contribution in [0.4, 0.5) is 0 Å². The summed E-state index contributed by atoms with van der Waals surface area (Å²) in [6.45, 7) is -0.682. The molecule has 10 nitrogen and oxygen atoms in total. The molecule has 0 amide bonds. The molecule has 1 aliphatic rings. The van der Waals surface area contributed by atoms with Crippen LogP contribution in [0.3, 0.4) is 0 Å². The van der Waals surface area contributed by atoms with Crippen LogP contribution in [0.15, 0.2) is 20.8 Å². The van der Waals surface area contributed by atoms with Crippen LogP contribution in [-0.4, -0.2) is 58.3 Å². The highest BCUT2D eigenvalue weighted by atomic mass is 79.9. The fourth-order valence-corrected chi connectivity index (χ4v) is 3.04. The molecular formula is C12H14BrClN2O8S. The van der Waals surface area contributed by atoms with Gasteiger partial charge in [0.1, 0.15) is 12.2 Å². The number of hydrogen-bond acceptors (Lipinski definition) is 8. The van der Waals surface area contributed by atoms with E-state index in [0.29, 0.717) is 0 Å². The molecule has 0 unspecified atom stereocenters. The van der Waals surface area contributed by atoms with Crippen molar-refractivity contribution in [2.24, 2.45) is 0 Å². The van der Waals surface area contributed by atoms with E-state index in [4.69, 9.17) is 16.3 Å². The summed E-state index contributed by atoms with van der Waals surface area (Å²) < 4.78 is 32.8. The van der Waals surface area contributed by atoms with Crippen molar-refractivity contribution in [3.05, 3.63) is 37.6 Å². The Kier molecular flexibility index (Phi) is 5.93. The van der Waals surface area contributed by atoms with Crippen molar-refractivity contribution in [2.45, 2.75) is 23.5 Å². The number of nitrogens with zero attached hydrogens (tertiary/aromatic N) is 1. The van der Waals surface area contributed by atoms with Gasteiger partial charge in [-0.05, 0) is 11.1 Å². The molecule has 2 rings (SSSR count). The van der Waals surface area contributed by atoms with Gasteiger partial charge in [-0.1, -0.05) is 27.5 Å². The number of aromatic amines is 1. The lowest BCUT2D eigenvalue weighted by molar-refractivity contribution is -0.0527. The fourth-order valence-electron chi connectivity index (χ4n) is 2.16. The Labute approximate surface area is 154 Å². The number of rotatable bonds is 5. The first kappa shape index (κ1) is 20.3. The lowest BCUT2D eigenvalue weighted by atomic mass is 10.1. The number of ether oxygens (including phenoxy) is 1. The number of H-pyrrole nitrogens is 1. The van der Waals surface area contributed by atoms with Gasteiger partial charge in [0.2, 0.25) is 0 Å². The predicted molar refractivity (Wildman–Crippen MR) is 90.8 cm³/mol. The van der Waals surface area contributed by atoms with Gasteiger partial charge in [0.25, 0.3) is 15.7 Å². The first-order valence-corrected chi connectivity index (χ1v) is 9.80. The Morgan fingerprint density at radius 2 is 2.20 bits per heavy atom. The summed E-state index contributed by atoms with van der Waals surface area (Å²) in [5, 5.41) is 17.9. The number of aromatic nitrogens is 2. The van der Waals surface area contributed by atoms with Crippen LogP contribution in [0.2, 0.25) is 0 Å². The highest BCUT2D eigenvalue weighted by molar-refractivity contribution is 9.11. The van der Waals surface area contributed by atoms with Gasteiger partial charge in [-0.25, -0.2) is 4.79 Å². The Hall–Kier alpha value is -1.02. The second-order valence-corrected chi connectivity index (χ2v) is 8.00. The van der Waals surface area contributed by atoms with E-state index < -0.39 is 51.5 Å². The van der Waals surface area contributed by atoms with Crippen LogP contribution in [0.5, 0.6) is 0 Å². The van der Waals surface area contributed by atoms with Crippen molar-refractivity contribution < 1.29 is 27.6 Å². The summed E-state index contributed by atoms with van der Waals surface area (Å²) in [5.74, 6) is 0. The van der Waals surface area contributed by atoms with Gasteiger partial charge in [-0.15, -0.1) is 0 Å². The third-order valence-corrected chi connectivity index (χ3v) is 4.68. The summed E-state index contributed by atoms with van der Waals surface area (Å²) in [7, 11) is -3.85. The molecule has 1 saturated heterocycles. The van der Waals surface area contributed by atoms with Crippen molar-refractivity contribution in [2.75, 3.05) is 12.9 Å². The molecule has 1 aliphatic heterocycles. The maximum absolute atomic E-state index is 12.0. The molecule has 0 radical (unpaired) electrons. The average molecular weight is 462 g/mol. The van der Waals surface area contributed by atoms with Crippen molar-refractivity contribution in [1.82, 2.24) is 9.55 Å². The van der Waals surface area contributed by atoms with Gasteiger partial charge in [0.15, 0.2) is 11.3 Å². The minimum atomic E-state index is -3.85. The quantitative estimate of drug-likeness (QED) is 0.376. The highest BCUT2D eigenvalue weighted by Gasteiger charge is 2.55.